The molecule has 21 heavy (non-hydrogen) atoms. The summed E-state index contributed by atoms with van der Waals surface area (Å²) in [5.74, 6) is -0.780. The quantitative estimate of drug-likeness (QED) is 0.891. The van der Waals surface area contributed by atoms with E-state index in [9.17, 15) is 13.9 Å². The molecule has 0 saturated heterocycles. The molecule has 0 amide bonds. The Morgan fingerprint density at radius 1 is 1.38 bits per heavy atom. The smallest absolute Gasteiger partial charge is 0.137 e. The average Bonchev–Trinajstić information content (AvgIpc) is 2.87. The Balaban J connectivity index is 2.16. The third-order valence-electron chi connectivity index (χ3n) is 3.22. The van der Waals surface area contributed by atoms with Crippen LogP contribution in [0.5, 0.6) is 0 Å². The molecule has 0 radical (unpaired) electrons. The number of aromatic nitrogens is 2. The molecule has 0 aliphatic carbocycles. The molecule has 2 aromatic rings. The van der Waals surface area contributed by atoms with Crippen molar-refractivity contribution in [3.63, 3.8) is 0 Å². The summed E-state index contributed by atoms with van der Waals surface area (Å²) in [6, 6.07) is 3.13. The fourth-order valence-electron chi connectivity index (χ4n) is 2.21. The third kappa shape index (κ3) is 3.65. The van der Waals surface area contributed by atoms with E-state index in [4.69, 9.17) is 4.74 Å². The highest BCUT2D eigenvalue weighted by Crippen LogP contribution is 2.22. The van der Waals surface area contributed by atoms with Crippen molar-refractivity contribution in [2.75, 3.05) is 6.61 Å². The van der Waals surface area contributed by atoms with Gasteiger partial charge in [-0.1, -0.05) is 6.07 Å². The molecular formula is C15H18F2N2O2. The fourth-order valence-corrected chi connectivity index (χ4v) is 2.21. The Bertz CT molecular complexity index is 601. The Morgan fingerprint density at radius 3 is 2.81 bits per heavy atom. The topological polar surface area (TPSA) is 47.3 Å². The van der Waals surface area contributed by atoms with E-state index in [-0.39, 0.29) is 18.2 Å². The normalized spacial score (nSPS) is 14.1. The highest BCUT2D eigenvalue weighted by molar-refractivity contribution is 5.21. The van der Waals surface area contributed by atoms with Crippen LogP contribution in [0, 0.1) is 11.6 Å². The van der Waals surface area contributed by atoms with Crippen molar-refractivity contribution in [1.29, 1.82) is 0 Å². The van der Waals surface area contributed by atoms with Crippen molar-refractivity contribution in [1.82, 2.24) is 9.55 Å². The molecule has 2 rings (SSSR count). The highest BCUT2D eigenvalue weighted by atomic mass is 19.1. The minimum absolute atomic E-state index is 0.0557. The van der Waals surface area contributed by atoms with E-state index in [1.807, 2.05) is 13.8 Å². The molecule has 1 aromatic heterocycles. The summed E-state index contributed by atoms with van der Waals surface area (Å²) in [4.78, 5) is 4.19. The molecule has 0 bridgehead atoms. The lowest BCUT2D eigenvalue weighted by atomic mass is 10.1. The first-order valence-corrected chi connectivity index (χ1v) is 6.78. The molecule has 4 nitrogen and oxygen atoms in total. The number of halogens is 2. The zero-order chi connectivity index (χ0) is 15.4. The van der Waals surface area contributed by atoms with Crippen LogP contribution in [-0.2, 0) is 11.3 Å². The highest BCUT2D eigenvalue weighted by Gasteiger charge is 2.18. The number of aliphatic hydroxyl groups is 1. The van der Waals surface area contributed by atoms with E-state index >= 15 is 0 Å². The average molecular weight is 296 g/mol. The van der Waals surface area contributed by atoms with Crippen LogP contribution in [-0.4, -0.2) is 21.3 Å². The molecule has 2 unspecified atom stereocenters. The summed E-state index contributed by atoms with van der Waals surface area (Å²) in [6.45, 7) is 4.40. The van der Waals surface area contributed by atoms with E-state index in [0.717, 1.165) is 12.1 Å². The van der Waals surface area contributed by atoms with Crippen LogP contribution in [0.2, 0.25) is 0 Å². The van der Waals surface area contributed by atoms with Crippen LogP contribution in [0.15, 0.2) is 30.6 Å². The van der Waals surface area contributed by atoms with Gasteiger partial charge < -0.3 is 14.4 Å². The Morgan fingerprint density at radius 2 is 2.14 bits per heavy atom. The van der Waals surface area contributed by atoms with Crippen molar-refractivity contribution in [3.05, 3.63) is 53.6 Å². The largest absolute Gasteiger partial charge is 0.386 e. The first kappa shape index (κ1) is 15.6. The van der Waals surface area contributed by atoms with Crippen LogP contribution < -0.4 is 0 Å². The lowest BCUT2D eigenvalue weighted by molar-refractivity contribution is 0.0642. The van der Waals surface area contributed by atoms with Crippen molar-refractivity contribution in [3.8, 4) is 0 Å². The molecule has 1 N–H and O–H groups in total. The standard InChI is InChI=1S/C15H18F2N2O2/c1-3-21-10(2)15-18-6-7-19(15)9-14(20)12-5-4-11(16)8-13(12)17/h4-8,10,14,20H,3,9H2,1-2H3. The minimum atomic E-state index is -1.09. The second-order valence-electron chi connectivity index (χ2n) is 4.72. The SMILES string of the molecule is CCOC(C)c1nccn1CC(O)c1ccc(F)cc1F. The van der Waals surface area contributed by atoms with E-state index < -0.39 is 17.7 Å². The summed E-state index contributed by atoms with van der Waals surface area (Å²) < 4.78 is 33.7. The predicted molar refractivity (Wildman–Crippen MR) is 73.6 cm³/mol. The molecule has 0 aliphatic rings. The van der Waals surface area contributed by atoms with Gasteiger partial charge in [0.25, 0.3) is 0 Å². The number of nitrogens with zero attached hydrogens (tertiary/aromatic N) is 2. The first-order valence-electron chi connectivity index (χ1n) is 6.78. The lowest BCUT2D eigenvalue weighted by Gasteiger charge is -2.17. The number of hydrogen-bond donors (Lipinski definition) is 1. The molecule has 0 saturated carbocycles. The fraction of sp³-hybridized carbons (Fsp3) is 0.400. The minimum Gasteiger partial charge on any atom is -0.386 e. The molecule has 1 heterocycles. The number of hydrogen-bond acceptors (Lipinski definition) is 3. The Kier molecular flexibility index (Phi) is 5.03. The molecular weight excluding hydrogens is 278 g/mol. The summed E-state index contributed by atoms with van der Waals surface area (Å²) in [5, 5.41) is 10.1. The second-order valence-corrected chi connectivity index (χ2v) is 4.72. The van der Waals surface area contributed by atoms with Gasteiger partial charge in [0.05, 0.1) is 12.6 Å². The van der Waals surface area contributed by atoms with Crippen molar-refractivity contribution in [2.45, 2.75) is 32.6 Å². The van der Waals surface area contributed by atoms with E-state index in [2.05, 4.69) is 4.98 Å². The van der Waals surface area contributed by atoms with Gasteiger partial charge in [0, 0.05) is 30.6 Å². The maximum atomic E-state index is 13.7. The van der Waals surface area contributed by atoms with Gasteiger partial charge >= 0.3 is 0 Å². The van der Waals surface area contributed by atoms with Gasteiger partial charge in [0.2, 0.25) is 0 Å². The maximum Gasteiger partial charge on any atom is 0.137 e. The van der Waals surface area contributed by atoms with Crippen LogP contribution in [0.3, 0.4) is 0 Å². The molecule has 1 aromatic carbocycles. The second kappa shape index (κ2) is 6.78. The van der Waals surface area contributed by atoms with Gasteiger partial charge in [0.15, 0.2) is 0 Å². The molecule has 0 aliphatic heterocycles. The van der Waals surface area contributed by atoms with Gasteiger partial charge in [-0.25, -0.2) is 13.8 Å². The van der Waals surface area contributed by atoms with Crippen molar-refractivity contribution in [2.24, 2.45) is 0 Å². The predicted octanol–water partition coefficient (Wildman–Crippen LogP) is 2.99. The van der Waals surface area contributed by atoms with E-state index in [0.29, 0.717) is 12.4 Å². The van der Waals surface area contributed by atoms with Gasteiger partial charge in [-0.3, -0.25) is 0 Å². The molecule has 6 heteroatoms. The van der Waals surface area contributed by atoms with Gasteiger partial charge in [0.1, 0.15) is 23.6 Å². The number of benzene rings is 1. The third-order valence-corrected chi connectivity index (χ3v) is 3.22. The molecule has 114 valence electrons. The first-order chi connectivity index (χ1) is 10.0. The Hall–Kier alpha value is -1.79. The van der Waals surface area contributed by atoms with Gasteiger partial charge in [-0.05, 0) is 19.9 Å². The molecule has 0 spiro atoms. The summed E-state index contributed by atoms with van der Waals surface area (Å²) in [7, 11) is 0. The maximum absolute atomic E-state index is 13.7. The number of rotatable bonds is 6. The lowest BCUT2D eigenvalue weighted by Crippen LogP contribution is -2.15. The summed E-state index contributed by atoms with van der Waals surface area (Å²) in [6.07, 6.45) is 1.97. The summed E-state index contributed by atoms with van der Waals surface area (Å²) in [5.41, 5.74) is 0.0557. The van der Waals surface area contributed by atoms with Crippen LogP contribution in [0.1, 0.15) is 37.4 Å². The van der Waals surface area contributed by atoms with Crippen molar-refractivity contribution < 1.29 is 18.6 Å². The van der Waals surface area contributed by atoms with Gasteiger partial charge in [-0.15, -0.1) is 0 Å². The Labute approximate surface area is 122 Å². The van der Waals surface area contributed by atoms with Crippen molar-refractivity contribution >= 4 is 0 Å². The zero-order valence-corrected chi connectivity index (χ0v) is 12.0. The van der Waals surface area contributed by atoms with Crippen LogP contribution >= 0.6 is 0 Å². The number of imidazole rings is 1. The van der Waals surface area contributed by atoms with E-state index in [1.165, 1.54) is 6.07 Å². The monoisotopic (exact) mass is 296 g/mol. The molecule has 0 fully saturated rings. The number of aliphatic hydroxyl groups excluding tert-OH is 1. The summed E-state index contributed by atoms with van der Waals surface area (Å²) >= 11 is 0. The van der Waals surface area contributed by atoms with Crippen LogP contribution in [0.4, 0.5) is 8.78 Å². The molecule has 2 atom stereocenters. The van der Waals surface area contributed by atoms with Gasteiger partial charge in [-0.2, -0.15) is 0 Å². The van der Waals surface area contributed by atoms with Crippen LogP contribution in [0.25, 0.3) is 0 Å². The number of ether oxygens (including phenoxy) is 1. The van der Waals surface area contributed by atoms with E-state index in [1.54, 1.807) is 17.0 Å². The zero-order valence-electron chi connectivity index (χ0n) is 12.0.